The van der Waals surface area contributed by atoms with Crippen LogP contribution in [0.2, 0.25) is 0 Å². The molecule has 5 nitrogen and oxygen atoms in total. The van der Waals surface area contributed by atoms with E-state index in [2.05, 4.69) is 5.32 Å². The largest absolute Gasteiger partial charge is 0.377 e. The van der Waals surface area contributed by atoms with Crippen LogP contribution in [0, 0.1) is 0 Å². The Hall–Kier alpha value is -0.170. The molecule has 0 aromatic rings. The van der Waals surface area contributed by atoms with Crippen molar-refractivity contribution in [1.82, 2.24) is 9.62 Å². The lowest BCUT2D eigenvalue weighted by Gasteiger charge is -2.24. The first-order valence-electron chi connectivity index (χ1n) is 5.92. The van der Waals surface area contributed by atoms with Crippen molar-refractivity contribution in [3.8, 4) is 0 Å². The van der Waals surface area contributed by atoms with E-state index in [4.69, 9.17) is 4.74 Å². The van der Waals surface area contributed by atoms with Gasteiger partial charge < -0.3 is 10.1 Å². The molecule has 2 unspecified atom stereocenters. The Morgan fingerprint density at radius 3 is 2.94 bits per heavy atom. The van der Waals surface area contributed by atoms with Crippen LogP contribution in [0.15, 0.2) is 0 Å². The van der Waals surface area contributed by atoms with Gasteiger partial charge in [-0.15, -0.1) is 0 Å². The van der Waals surface area contributed by atoms with Crippen molar-refractivity contribution in [3.63, 3.8) is 0 Å². The summed E-state index contributed by atoms with van der Waals surface area (Å²) in [6.45, 7) is 5.09. The number of rotatable bonds is 2. The summed E-state index contributed by atoms with van der Waals surface area (Å²) in [5.74, 6) is 0. The van der Waals surface area contributed by atoms with Gasteiger partial charge in [-0.05, 0) is 26.3 Å². The highest BCUT2D eigenvalue weighted by molar-refractivity contribution is 7.89. The first kappa shape index (κ1) is 12.3. The molecule has 2 aliphatic heterocycles. The van der Waals surface area contributed by atoms with E-state index in [1.807, 2.05) is 6.92 Å². The number of ether oxygens (including phenoxy) is 1. The molecule has 0 spiro atoms. The molecule has 1 N–H and O–H groups in total. The molecule has 0 aromatic carbocycles. The summed E-state index contributed by atoms with van der Waals surface area (Å²) in [5.41, 5.74) is 0. The van der Waals surface area contributed by atoms with Gasteiger partial charge in [0.05, 0.1) is 11.4 Å². The Morgan fingerprint density at radius 1 is 1.44 bits per heavy atom. The molecule has 0 aromatic heterocycles. The van der Waals surface area contributed by atoms with Crippen LogP contribution in [0.3, 0.4) is 0 Å². The van der Waals surface area contributed by atoms with Crippen molar-refractivity contribution in [1.29, 1.82) is 0 Å². The van der Waals surface area contributed by atoms with E-state index in [9.17, 15) is 8.42 Å². The highest BCUT2D eigenvalue weighted by atomic mass is 32.2. The minimum Gasteiger partial charge on any atom is -0.377 e. The van der Waals surface area contributed by atoms with E-state index in [1.165, 1.54) is 0 Å². The molecule has 2 aliphatic rings. The molecule has 0 radical (unpaired) electrons. The van der Waals surface area contributed by atoms with Gasteiger partial charge >= 0.3 is 0 Å². The van der Waals surface area contributed by atoms with Crippen LogP contribution < -0.4 is 5.32 Å². The normalized spacial score (nSPS) is 33.8. The molecule has 16 heavy (non-hydrogen) atoms. The molecular weight excluding hydrogens is 228 g/mol. The van der Waals surface area contributed by atoms with E-state index in [-0.39, 0.29) is 11.4 Å². The Balaban J connectivity index is 2.08. The molecule has 94 valence electrons. The van der Waals surface area contributed by atoms with Crippen LogP contribution in [0.5, 0.6) is 0 Å². The van der Waals surface area contributed by atoms with Gasteiger partial charge in [-0.3, -0.25) is 0 Å². The highest BCUT2D eigenvalue weighted by Gasteiger charge is 2.35. The summed E-state index contributed by atoms with van der Waals surface area (Å²) in [4.78, 5) is 0. The number of hydrogen-bond donors (Lipinski definition) is 1. The Bertz CT molecular complexity index is 325. The molecular formula is C10H20N2O3S. The van der Waals surface area contributed by atoms with Gasteiger partial charge in [0.25, 0.3) is 0 Å². The number of nitrogens with one attached hydrogen (secondary N) is 1. The zero-order valence-electron chi connectivity index (χ0n) is 9.68. The molecule has 0 amide bonds. The average Bonchev–Trinajstić information content (AvgIpc) is 2.68. The zero-order valence-corrected chi connectivity index (χ0v) is 10.5. The lowest BCUT2D eigenvalue weighted by atomic mass is 10.4. The van der Waals surface area contributed by atoms with Gasteiger partial charge in [0.15, 0.2) is 0 Å². The van der Waals surface area contributed by atoms with Gasteiger partial charge in [0.2, 0.25) is 10.0 Å². The monoisotopic (exact) mass is 248 g/mol. The van der Waals surface area contributed by atoms with Gasteiger partial charge in [0, 0.05) is 26.2 Å². The van der Waals surface area contributed by atoms with Crippen molar-refractivity contribution < 1.29 is 13.2 Å². The molecule has 2 heterocycles. The summed E-state index contributed by atoms with van der Waals surface area (Å²) in [6.07, 6.45) is 1.53. The van der Waals surface area contributed by atoms with E-state index < -0.39 is 10.0 Å². The first-order chi connectivity index (χ1) is 7.60. The minimum absolute atomic E-state index is 0.00615. The van der Waals surface area contributed by atoms with E-state index in [0.29, 0.717) is 26.2 Å². The molecule has 0 bridgehead atoms. The fourth-order valence-corrected chi connectivity index (χ4v) is 4.25. The van der Waals surface area contributed by atoms with Crippen LogP contribution in [0.1, 0.15) is 19.8 Å². The molecule has 6 heteroatoms. The van der Waals surface area contributed by atoms with Gasteiger partial charge in [-0.25, -0.2) is 8.42 Å². The van der Waals surface area contributed by atoms with Crippen LogP contribution in [0.4, 0.5) is 0 Å². The zero-order chi connectivity index (χ0) is 11.6. The topological polar surface area (TPSA) is 58.6 Å². The molecule has 2 saturated heterocycles. The number of hydrogen-bond acceptors (Lipinski definition) is 4. The summed E-state index contributed by atoms with van der Waals surface area (Å²) < 4.78 is 31.7. The van der Waals surface area contributed by atoms with Crippen molar-refractivity contribution >= 4 is 10.0 Å². The maximum Gasteiger partial charge on any atom is 0.218 e. The first-order valence-corrected chi connectivity index (χ1v) is 7.42. The van der Waals surface area contributed by atoms with Crippen LogP contribution in [-0.2, 0) is 14.8 Å². The van der Waals surface area contributed by atoms with Crippen molar-refractivity contribution in [3.05, 3.63) is 0 Å². The lowest BCUT2D eigenvalue weighted by Crippen LogP contribution is -2.42. The third kappa shape index (κ3) is 2.56. The van der Waals surface area contributed by atoms with Gasteiger partial charge in [-0.2, -0.15) is 4.31 Å². The maximum absolute atomic E-state index is 12.3. The predicted molar refractivity (Wildman–Crippen MR) is 61.8 cm³/mol. The highest BCUT2D eigenvalue weighted by Crippen LogP contribution is 2.18. The van der Waals surface area contributed by atoms with Crippen molar-refractivity contribution in [2.45, 2.75) is 31.1 Å². The van der Waals surface area contributed by atoms with E-state index in [1.54, 1.807) is 4.31 Å². The smallest absolute Gasteiger partial charge is 0.218 e. The van der Waals surface area contributed by atoms with E-state index >= 15 is 0 Å². The lowest BCUT2D eigenvalue weighted by molar-refractivity contribution is 0.0751. The van der Waals surface area contributed by atoms with Gasteiger partial charge in [-0.1, -0.05) is 0 Å². The summed E-state index contributed by atoms with van der Waals surface area (Å²) in [6, 6.07) is 0. The van der Waals surface area contributed by atoms with Crippen molar-refractivity contribution in [2.75, 3.05) is 32.8 Å². The Morgan fingerprint density at radius 2 is 2.25 bits per heavy atom. The van der Waals surface area contributed by atoms with E-state index in [0.717, 1.165) is 19.4 Å². The SMILES string of the molecule is CC1CN(S(=O)(=O)C2CCNC2)CCCO1. The third-order valence-electron chi connectivity index (χ3n) is 3.21. The fourth-order valence-electron chi connectivity index (χ4n) is 2.28. The Kier molecular flexibility index (Phi) is 3.84. The molecule has 2 rings (SSSR count). The third-order valence-corrected chi connectivity index (χ3v) is 5.51. The quantitative estimate of drug-likeness (QED) is 0.734. The summed E-state index contributed by atoms with van der Waals surface area (Å²) in [5, 5.41) is 2.87. The molecule has 2 fully saturated rings. The van der Waals surface area contributed by atoms with Crippen LogP contribution in [0.25, 0.3) is 0 Å². The van der Waals surface area contributed by atoms with Crippen molar-refractivity contribution in [2.24, 2.45) is 0 Å². The molecule has 2 atom stereocenters. The Labute approximate surface area is 97.2 Å². The number of nitrogens with zero attached hydrogens (tertiary/aromatic N) is 1. The number of sulfonamides is 1. The van der Waals surface area contributed by atoms with Gasteiger partial charge in [0.1, 0.15) is 0 Å². The predicted octanol–water partition coefficient (Wildman–Crippen LogP) is -0.211. The average molecular weight is 248 g/mol. The minimum atomic E-state index is -3.13. The standard InChI is InChI=1S/C10H20N2O3S/c1-9-8-12(5-2-6-15-9)16(13,14)10-3-4-11-7-10/h9-11H,2-8H2,1H3. The molecule has 0 saturated carbocycles. The van der Waals surface area contributed by atoms with Crippen LogP contribution in [-0.4, -0.2) is 56.9 Å². The second-order valence-corrected chi connectivity index (χ2v) is 6.77. The molecule has 0 aliphatic carbocycles. The second kappa shape index (κ2) is 5.00. The van der Waals surface area contributed by atoms with Crippen LogP contribution >= 0.6 is 0 Å². The maximum atomic E-state index is 12.3. The summed E-state index contributed by atoms with van der Waals surface area (Å²) in [7, 11) is -3.13. The second-order valence-electron chi connectivity index (χ2n) is 4.55. The fraction of sp³-hybridized carbons (Fsp3) is 1.00. The summed E-state index contributed by atoms with van der Waals surface area (Å²) >= 11 is 0.